The molecule has 0 bridgehead atoms. The van der Waals surface area contributed by atoms with Crippen molar-refractivity contribution in [1.29, 1.82) is 0 Å². The normalized spacial score (nSPS) is 32.1. The first-order valence-corrected chi connectivity index (χ1v) is 8.46. The van der Waals surface area contributed by atoms with E-state index in [1.807, 2.05) is 0 Å². The molecule has 0 aromatic carbocycles. The summed E-state index contributed by atoms with van der Waals surface area (Å²) >= 11 is 0. The zero-order valence-electron chi connectivity index (χ0n) is 13.5. The Kier molecular flexibility index (Phi) is 5.30. The van der Waals surface area contributed by atoms with Crippen LogP contribution in [0.2, 0.25) is 0 Å². The highest BCUT2D eigenvalue weighted by molar-refractivity contribution is 4.91. The minimum absolute atomic E-state index is 0.562. The zero-order chi connectivity index (χ0) is 13.9. The lowest BCUT2D eigenvalue weighted by Crippen LogP contribution is -2.46. The molecule has 0 aromatic rings. The van der Waals surface area contributed by atoms with Gasteiger partial charge in [0, 0.05) is 32.2 Å². The molecule has 2 nitrogen and oxygen atoms in total. The van der Waals surface area contributed by atoms with Gasteiger partial charge in [0.25, 0.3) is 0 Å². The molecule has 1 aliphatic heterocycles. The molecule has 1 N–H and O–H groups in total. The van der Waals surface area contributed by atoms with Crippen molar-refractivity contribution in [3.63, 3.8) is 0 Å². The van der Waals surface area contributed by atoms with Gasteiger partial charge in [-0.25, -0.2) is 0 Å². The van der Waals surface area contributed by atoms with Gasteiger partial charge in [-0.2, -0.15) is 0 Å². The van der Waals surface area contributed by atoms with Gasteiger partial charge in [-0.05, 0) is 30.1 Å². The van der Waals surface area contributed by atoms with Gasteiger partial charge in [0.1, 0.15) is 0 Å². The molecule has 1 saturated heterocycles. The molecule has 1 saturated carbocycles. The Labute approximate surface area is 120 Å². The third kappa shape index (κ3) is 4.19. The first kappa shape index (κ1) is 15.3. The fourth-order valence-corrected chi connectivity index (χ4v) is 3.97. The molecule has 0 aromatic heterocycles. The lowest BCUT2D eigenvalue weighted by molar-refractivity contribution is 0.111. The number of rotatable bonds is 5. The lowest BCUT2D eigenvalue weighted by atomic mass is 9.73. The second kappa shape index (κ2) is 6.58. The summed E-state index contributed by atoms with van der Waals surface area (Å²) < 4.78 is 0. The number of nitrogens with zero attached hydrogens (tertiary/aromatic N) is 1. The summed E-state index contributed by atoms with van der Waals surface area (Å²) in [5, 5.41) is 3.73. The van der Waals surface area contributed by atoms with Crippen LogP contribution in [0.25, 0.3) is 0 Å². The van der Waals surface area contributed by atoms with E-state index in [4.69, 9.17) is 0 Å². The molecule has 2 atom stereocenters. The predicted molar refractivity (Wildman–Crippen MR) is 83.4 cm³/mol. The van der Waals surface area contributed by atoms with Crippen LogP contribution in [0.15, 0.2) is 0 Å². The van der Waals surface area contributed by atoms with Crippen LogP contribution < -0.4 is 5.32 Å². The minimum Gasteiger partial charge on any atom is -0.314 e. The van der Waals surface area contributed by atoms with Gasteiger partial charge in [-0.3, -0.25) is 0 Å². The van der Waals surface area contributed by atoms with Crippen LogP contribution in [0, 0.1) is 17.3 Å². The van der Waals surface area contributed by atoms with Gasteiger partial charge in [0.05, 0.1) is 0 Å². The van der Waals surface area contributed by atoms with Crippen LogP contribution in [0.5, 0.6) is 0 Å². The molecule has 0 amide bonds. The van der Waals surface area contributed by atoms with Gasteiger partial charge < -0.3 is 10.2 Å². The van der Waals surface area contributed by atoms with Crippen molar-refractivity contribution in [2.45, 2.75) is 65.8 Å². The number of hydrogen-bond acceptors (Lipinski definition) is 2. The summed E-state index contributed by atoms with van der Waals surface area (Å²) in [5.74, 6) is 1.78. The fourth-order valence-electron chi connectivity index (χ4n) is 3.97. The van der Waals surface area contributed by atoms with Gasteiger partial charge in [-0.15, -0.1) is 0 Å². The summed E-state index contributed by atoms with van der Waals surface area (Å²) in [6.45, 7) is 14.6. The molecular formula is C17H34N2. The van der Waals surface area contributed by atoms with Crippen molar-refractivity contribution in [3.05, 3.63) is 0 Å². The highest BCUT2D eigenvalue weighted by Crippen LogP contribution is 2.38. The lowest BCUT2D eigenvalue weighted by Gasteiger charge is -2.41. The van der Waals surface area contributed by atoms with Crippen molar-refractivity contribution in [2.24, 2.45) is 17.3 Å². The average Bonchev–Trinajstić information content (AvgIpc) is 2.67. The number of likely N-dealkylation sites (tertiary alicyclic amines) is 1. The minimum atomic E-state index is 0.562. The third-order valence-electron chi connectivity index (χ3n) is 5.42. The maximum Gasteiger partial charge on any atom is 0.00504 e. The second-order valence-corrected chi connectivity index (χ2v) is 7.74. The van der Waals surface area contributed by atoms with Crippen LogP contribution in [0.4, 0.5) is 0 Å². The van der Waals surface area contributed by atoms with E-state index in [0.717, 1.165) is 11.8 Å². The summed E-state index contributed by atoms with van der Waals surface area (Å²) in [5.41, 5.74) is 0.562. The van der Waals surface area contributed by atoms with Crippen LogP contribution in [0.1, 0.15) is 59.8 Å². The van der Waals surface area contributed by atoms with Crippen molar-refractivity contribution >= 4 is 0 Å². The van der Waals surface area contributed by atoms with Crippen molar-refractivity contribution < 1.29 is 0 Å². The Hall–Kier alpha value is -0.0800. The first-order chi connectivity index (χ1) is 9.01. The van der Waals surface area contributed by atoms with Crippen molar-refractivity contribution in [3.8, 4) is 0 Å². The molecule has 2 heteroatoms. The molecule has 2 aliphatic rings. The Balaban J connectivity index is 1.93. The average molecular weight is 266 g/mol. The molecule has 2 unspecified atom stereocenters. The molecule has 1 heterocycles. The Morgan fingerprint density at radius 2 is 1.63 bits per heavy atom. The molecule has 1 aliphatic carbocycles. The summed E-state index contributed by atoms with van der Waals surface area (Å²) in [6.07, 6.45) is 7.21. The highest BCUT2D eigenvalue weighted by Gasteiger charge is 2.36. The van der Waals surface area contributed by atoms with E-state index >= 15 is 0 Å². The predicted octanol–water partition coefficient (Wildman–Crippen LogP) is 3.52. The topological polar surface area (TPSA) is 15.3 Å². The smallest absolute Gasteiger partial charge is 0.00504 e. The summed E-state index contributed by atoms with van der Waals surface area (Å²) in [7, 11) is 0. The van der Waals surface area contributed by atoms with E-state index in [1.165, 1.54) is 58.3 Å². The maximum absolute atomic E-state index is 3.73. The van der Waals surface area contributed by atoms with E-state index in [2.05, 4.69) is 37.9 Å². The molecule has 0 radical (unpaired) electrons. The fraction of sp³-hybridized carbons (Fsp3) is 1.00. The van der Waals surface area contributed by atoms with E-state index in [9.17, 15) is 0 Å². The van der Waals surface area contributed by atoms with E-state index in [0.29, 0.717) is 11.5 Å². The van der Waals surface area contributed by atoms with E-state index in [-0.39, 0.29) is 0 Å². The van der Waals surface area contributed by atoms with Crippen molar-refractivity contribution in [1.82, 2.24) is 10.2 Å². The van der Waals surface area contributed by atoms with Gasteiger partial charge in [0.2, 0.25) is 0 Å². The van der Waals surface area contributed by atoms with Crippen LogP contribution in [-0.4, -0.2) is 37.1 Å². The van der Waals surface area contributed by atoms with Gasteiger partial charge >= 0.3 is 0 Å². The van der Waals surface area contributed by atoms with Crippen LogP contribution >= 0.6 is 0 Å². The standard InChI is InChI=1S/C17H34N2/c1-14(2)18-12-17(8-6-5-7-9-17)13-19-10-15(3)16(4)11-19/h14-16,18H,5-13H2,1-4H3. The van der Waals surface area contributed by atoms with E-state index in [1.54, 1.807) is 0 Å². The molecular weight excluding hydrogens is 232 g/mol. The zero-order valence-corrected chi connectivity index (χ0v) is 13.5. The van der Waals surface area contributed by atoms with Crippen LogP contribution in [0.3, 0.4) is 0 Å². The maximum atomic E-state index is 3.73. The van der Waals surface area contributed by atoms with Gasteiger partial charge in [0.15, 0.2) is 0 Å². The molecule has 2 fully saturated rings. The molecule has 19 heavy (non-hydrogen) atoms. The Morgan fingerprint density at radius 3 is 2.16 bits per heavy atom. The second-order valence-electron chi connectivity index (χ2n) is 7.74. The monoisotopic (exact) mass is 266 g/mol. The van der Waals surface area contributed by atoms with E-state index < -0.39 is 0 Å². The molecule has 0 spiro atoms. The highest BCUT2D eigenvalue weighted by atomic mass is 15.2. The number of nitrogens with one attached hydrogen (secondary N) is 1. The molecule has 2 rings (SSSR count). The first-order valence-electron chi connectivity index (χ1n) is 8.46. The SMILES string of the molecule is CC(C)NCC1(CN2CC(C)C(C)C2)CCCCC1. The summed E-state index contributed by atoms with van der Waals surface area (Å²) in [4.78, 5) is 2.75. The summed E-state index contributed by atoms with van der Waals surface area (Å²) in [6, 6.07) is 0.621. The largest absolute Gasteiger partial charge is 0.314 e. The third-order valence-corrected chi connectivity index (χ3v) is 5.42. The number of hydrogen-bond donors (Lipinski definition) is 1. The van der Waals surface area contributed by atoms with Gasteiger partial charge in [-0.1, -0.05) is 47.0 Å². The Bertz CT molecular complexity index is 258. The Morgan fingerprint density at radius 1 is 1.05 bits per heavy atom. The van der Waals surface area contributed by atoms with Crippen molar-refractivity contribution in [2.75, 3.05) is 26.2 Å². The quantitative estimate of drug-likeness (QED) is 0.819. The van der Waals surface area contributed by atoms with Crippen LogP contribution in [-0.2, 0) is 0 Å². The molecule has 112 valence electrons.